The average Bonchev–Trinajstić information content (AvgIpc) is 2.31. The monoisotopic (exact) mass is 226 g/mol. The molecule has 0 fully saturated rings. The second-order valence-corrected chi connectivity index (χ2v) is 2.75. The van der Waals surface area contributed by atoms with Crippen molar-refractivity contribution in [3.05, 3.63) is 23.8 Å². The van der Waals surface area contributed by atoms with Crippen LogP contribution in [0.15, 0.2) is 18.2 Å². The Morgan fingerprint density at radius 2 is 1.88 bits per heavy atom. The highest BCUT2D eigenvalue weighted by molar-refractivity contribution is 5.71. The minimum atomic E-state index is -0.892. The molecule has 0 aliphatic heterocycles. The number of carboxylic acid groups (broad SMARTS) is 1. The first-order valence-corrected chi connectivity index (χ1v) is 5.10. The van der Waals surface area contributed by atoms with Gasteiger partial charge in [0.15, 0.2) is 0 Å². The summed E-state index contributed by atoms with van der Waals surface area (Å²) in [5, 5.41) is 8.65. The number of carbonyl (C=O) groups is 1. The number of rotatable bonds is 4. The maximum Gasteiger partial charge on any atom is 0.307 e. The summed E-state index contributed by atoms with van der Waals surface area (Å²) >= 11 is 0. The van der Waals surface area contributed by atoms with Crippen LogP contribution in [0.25, 0.3) is 0 Å². The van der Waals surface area contributed by atoms with Crippen LogP contribution in [0.4, 0.5) is 0 Å². The van der Waals surface area contributed by atoms with Gasteiger partial charge in [0, 0.05) is 5.56 Å². The highest BCUT2D eigenvalue weighted by Crippen LogP contribution is 2.24. The maximum atomic E-state index is 10.5. The lowest BCUT2D eigenvalue weighted by atomic mass is 10.1. The van der Waals surface area contributed by atoms with E-state index >= 15 is 0 Å². The van der Waals surface area contributed by atoms with Crippen molar-refractivity contribution in [2.75, 3.05) is 14.2 Å². The first-order valence-electron chi connectivity index (χ1n) is 5.10. The summed E-state index contributed by atoms with van der Waals surface area (Å²) in [5.74, 6) is 0.298. The molecule has 0 radical (unpaired) electrons. The number of methoxy groups -OCH3 is 2. The van der Waals surface area contributed by atoms with Crippen LogP contribution in [-0.4, -0.2) is 25.3 Å². The van der Waals surface area contributed by atoms with Crippen LogP contribution < -0.4 is 9.47 Å². The SMILES string of the molecule is CC.COc1ccc(OC)c(CC(=O)O)c1. The van der Waals surface area contributed by atoms with Gasteiger partial charge in [0.2, 0.25) is 0 Å². The molecular formula is C12H18O4. The zero-order chi connectivity index (χ0) is 12.6. The summed E-state index contributed by atoms with van der Waals surface area (Å²) in [7, 11) is 3.04. The molecule has 0 aliphatic carbocycles. The van der Waals surface area contributed by atoms with Crippen molar-refractivity contribution in [1.82, 2.24) is 0 Å². The van der Waals surface area contributed by atoms with Crippen LogP contribution in [-0.2, 0) is 11.2 Å². The van der Waals surface area contributed by atoms with Crippen molar-refractivity contribution >= 4 is 5.97 Å². The van der Waals surface area contributed by atoms with Crippen molar-refractivity contribution in [3.8, 4) is 11.5 Å². The van der Waals surface area contributed by atoms with Crippen molar-refractivity contribution < 1.29 is 19.4 Å². The van der Waals surface area contributed by atoms with Gasteiger partial charge in [0.25, 0.3) is 0 Å². The number of hydrogen-bond donors (Lipinski definition) is 1. The zero-order valence-electron chi connectivity index (χ0n) is 10.1. The second-order valence-electron chi connectivity index (χ2n) is 2.75. The lowest BCUT2D eigenvalue weighted by Crippen LogP contribution is -2.02. The Bertz CT molecular complexity index is 334. The molecule has 1 rings (SSSR count). The van der Waals surface area contributed by atoms with E-state index in [1.165, 1.54) is 14.2 Å². The van der Waals surface area contributed by atoms with Crippen LogP contribution in [0, 0.1) is 0 Å². The molecule has 0 spiro atoms. The molecule has 0 heterocycles. The molecule has 0 aliphatic rings. The van der Waals surface area contributed by atoms with Crippen molar-refractivity contribution in [3.63, 3.8) is 0 Å². The van der Waals surface area contributed by atoms with E-state index in [1.54, 1.807) is 18.2 Å². The van der Waals surface area contributed by atoms with Gasteiger partial charge in [-0.2, -0.15) is 0 Å². The Morgan fingerprint density at radius 3 is 2.31 bits per heavy atom. The molecule has 1 aromatic carbocycles. The molecule has 0 bridgehead atoms. The molecule has 1 aromatic rings. The lowest BCUT2D eigenvalue weighted by molar-refractivity contribution is -0.136. The van der Waals surface area contributed by atoms with Crippen molar-refractivity contribution in [2.24, 2.45) is 0 Å². The molecule has 90 valence electrons. The smallest absolute Gasteiger partial charge is 0.307 e. The number of benzene rings is 1. The van der Waals surface area contributed by atoms with Crippen molar-refractivity contribution in [1.29, 1.82) is 0 Å². The Morgan fingerprint density at radius 1 is 1.25 bits per heavy atom. The number of hydrogen-bond acceptors (Lipinski definition) is 3. The molecule has 0 saturated carbocycles. The summed E-state index contributed by atoms with van der Waals surface area (Å²) in [4.78, 5) is 10.5. The highest BCUT2D eigenvalue weighted by atomic mass is 16.5. The maximum absolute atomic E-state index is 10.5. The number of ether oxygens (including phenoxy) is 2. The second kappa shape index (κ2) is 7.56. The summed E-state index contributed by atoms with van der Waals surface area (Å²) in [6, 6.07) is 5.08. The van der Waals surface area contributed by atoms with Gasteiger partial charge in [-0.3, -0.25) is 4.79 Å². The highest BCUT2D eigenvalue weighted by Gasteiger charge is 2.08. The first-order chi connectivity index (χ1) is 7.67. The third-order valence-electron chi connectivity index (χ3n) is 1.83. The van der Waals surface area contributed by atoms with E-state index in [0.29, 0.717) is 17.1 Å². The van der Waals surface area contributed by atoms with Gasteiger partial charge in [-0.15, -0.1) is 0 Å². The summed E-state index contributed by atoms with van der Waals surface area (Å²) in [6.45, 7) is 4.00. The first kappa shape index (κ1) is 14.3. The quantitative estimate of drug-likeness (QED) is 0.856. The van der Waals surface area contributed by atoms with Gasteiger partial charge in [-0.25, -0.2) is 0 Å². The lowest BCUT2D eigenvalue weighted by Gasteiger charge is -2.08. The standard InChI is InChI=1S/C10H12O4.C2H6/c1-13-8-3-4-9(14-2)7(5-8)6-10(11)12;1-2/h3-5H,6H2,1-2H3,(H,11,12);1-2H3. The number of carboxylic acids is 1. The van der Waals surface area contributed by atoms with E-state index < -0.39 is 5.97 Å². The molecule has 0 atom stereocenters. The fraction of sp³-hybridized carbons (Fsp3) is 0.417. The topological polar surface area (TPSA) is 55.8 Å². The Balaban J connectivity index is 0.00000106. The van der Waals surface area contributed by atoms with E-state index in [0.717, 1.165) is 0 Å². The van der Waals surface area contributed by atoms with Crippen molar-refractivity contribution in [2.45, 2.75) is 20.3 Å². The fourth-order valence-corrected chi connectivity index (χ4v) is 1.18. The van der Waals surface area contributed by atoms with Gasteiger partial charge in [0.1, 0.15) is 11.5 Å². The largest absolute Gasteiger partial charge is 0.497 e. The van der Waals surface area contributed by atoms with E-state index in [1.807, 2.05) is 13.8 Å². The predicted molar refractivity (Wildman–Crippen MR) is 62.2 cm³/mol. The van der Waals surface area contributed by atoms with Gasteiger partial charge in [-0.1, -0.05) is 13.8 Å². The fourth-order valence-electron chi connectivity index (χ4n) is 1.18. The van der Waals surface area contributed by atoms with E-state index in [2.05, 4.69) is 0 Å². The van der Waals surface area contributed by atoms with Crippen LogP contribution in [0.1, 0.15) is 19.4 Å². The van der Waals surface area contributed by atoms with Gasteiger partial charge in [0.05, 0.1) is 20.6 Å². The normalized spacial score (nSPS) is 8.75. The number of aliphatic carboxylic acids is 1. The molecule has 4 heteroatoms. The Hall–Kier alpha value is -1.71. The summed E-state index contributed by atoms with van der Waals surface area (Å²) < 4.78 is 10.0. The zero-order valence-corrected chi connectivity index (χ0v) is 10.1. The molecule has 0 saturated heterocycles. The minimum Gasteiger partial charge on any atom is -0.497 e. The molecule has 4 nitrogen and oxygen atoms in total. The molecule has 16 heavy (non-hydrogen) atoms. The third kappa shape index (κ3) is 4.21. The van der Waals surface area contributed by atoms with Crippen LogP contribution in [0.3, 0.4) is 0 Å². The van der Waals surface area contributed by atoms with E-state index in [9.17, 15) is 4.79 Å². The Labute approximate surface area is 95.8 Å². The molecular weight excluding hydrogens is 208 g/mol. The summed E-state index contributed by atoms with van der Waals surface area (Å²) in [6.07, 6.45) is -0.0691. The molecule has 0 aromatic heterocycles. The molecule has 0 unspecified atom stereocenters. The third-order valence-corrected chi connectivity index (χ3v) is 1.83. The summed E-state index contributed by atoms with van der Waals surface area (Å²) in [5.41, 5.74) is 0.611. The Kier molecular flexibility index (Phi) is 6.76. The van der Waals surface area contributed by atoms with Gasteiger partial charge in [-0.05, 0) is 18.2 Å². The molecule has 1 N–H and O–H groups in total. The van der Waals surface area contributed by atoms with Crippen LogP contribution in [0.2, 0.25) is 0 Å². The van der Waals surface area contributed by atoms with E-state index in [-0.39, 0.29) is 6.42 Å². The van der Waals surface area contributed by atoms with E-state index in [4.69, 9.17) is 14.6 Å². The van der Waals surface area contributed by atoms with Crippen LogP contribution in [0.5, 0.6) is 11.5 Å². The predicted octanol–water partition coefficient (Wildman–Crippen LogP) is 2.36. The van der Waals surface area contributed by atoms with Gasteiger partial charge >= 0.3 is 5.97 Å². The van der Waals surface area contributed by atoms with Gasteiger partial charge < -0.3 is 14.6 Å². The average molecular weight is 226 g/mol. The minimum absolute atomic E-state index is 0.0691. The van der Waals surface area contributed by atoms with Crippen LogP contribution >= 0.6 is 0 Å². The molecule has 0 amide bonds.